The molecule has 0 unspecified atom stereocenters. The largest absolute Gasteiger partial charge is 0.296 e. The van der Waals surface area contributed by atoms with Gasteiger partial charge in [-0.3, -0.25) is 4.90 Å². The Morgan fingerprint density at radius 3 is 2.08 bits per heavy atom. The molecule has 0 aliphatic carbocycles. The zero-order chi connectivity index (χ0) is 9.40. The fourth-order valence-corrected chi connectivity index (χ4v) is 0.971. The molecule has 0 heterocycles. The van der Waals surface area contributed by atoms with Crippen LogP contribution in [0.25, 0.3) is 0 Å². The summed E-state index contributed by atoms with van der Waals surface area (Å²) in [6.45, 7) is 16.3. The van der Waals surface area contributed by atoms with E-state index in [2.05, 4.69) is 31.6 Å². The second-order valence-corrected chi connectivity index (χ2v) is 3.04. The first kappa shape index (κ1) is 11.2. The first-order chi connectivity index (χ1) is 5.70. The van der Waals surface area contributed by atoms with Gasteiger partial charge in [0.05, 0.1) is 0 Å². The molecule has 0 spiro atoms. The topological polar surface area (TPSA) is 3.24 Å². The summed E-state index contributed by atoms with van der Waals surface area (Å²) in [6, 6.07) is 0. The van der Waals surface area contributed by atoms with Crippen LogP contribution in [-0.2, 0) is 0 Å². The van der Waals surface area contributed by atoms with E-state index in [1.807, 2.05) is 12.2 Å². The van der Waals surface area contributed by atoms with Gasteiger partial charge in [0.2, 0.25) is 0 Å². The van der Waals surface area contributed by atoms with Crippen molar-refractivity contribution in [3.05, 3.63) is 37.5 Å². The van der Waals surface area contributed by atoms with Gasteiger partial charge in [-0.1, -0.05) is 17.7 Å². The number of rotatable bonds is 7. The maximum absolute atomic E-state index is 3.87. The van der Waals surface area contributed by atoms with Crippen molar-refractivity contribution in [2.24, 2.45) is 0 Å². The zero-order valence-corrected chi connectivity index (χ0v) is 8.05. The molecule has 0 aromatic carbocycles. The van der Waals surface area contributed by atoms with Crippen LogP contribution in [0.15, 0.2) is 37.5 Å². The summed E-state index contributed by atoms with van der Waals surface area (Å²) >= 11 is 0. The molecule has 0 amide bonds. The molecule has 1 heteroatoms. The fourth-order valence-electron chi connectivity index (χ4n) is 0.971. The van der Waals surface area contributed by atoms with Crippen molar-refractivity contribution in [1.82, 2.24) is 4.90 Å². The molecule has 0 radical (unpaired) electrons. The van der Waals surface area contributed by atoms with Crippen molar-refractivity contribution in [3.8, 4) is 0 Å². The van der Waals surface area contributed by atoms with Gasteiger partial charge in [-0.15, -0.1) is 19.7 Å². The molecule has 0 rings (SSSR count). The van der Waals surface area contributed by atoms with Gasteiger partial charge in [-0.25, -0.2) is 0 Å². The molecule has 0 atom stereocenters. The minimum Gasteiger partial charge on any atom is -0.296 e. The quantitative estimate of drug-likeness (QED) is 0.524. The summed E-state index contributed by atoms with van der Waals surface area (Å²) in [6.07, 6.45) is 4.89. The Bertz CT molecular complexity index is 148. The predicted molar refractivity (Wildman–Crippen MR) is 56.3 cm³/mol. The second-order valence-electron chi connectivity index (χ2n) is 3.04. The van der Waals surface area contributed by atoms with Crippen LogP contribution < -0.4 is 0 Å². The number of nitrogens with zero attached hydrogens (tertiary/aromatic N) is 1. The van der Waals surface area contributed by atoms with Crippen molar-refractivity contribution in [2.75, 3.05) is 19.6 Å². The van der Waals surface area contributed by atoms with Crippen molar-refractivity contribution >= 4 is 0 Å². The number of hydrogen-bond donors (Lipinski definition) is 0. The molecule has 12 heavy (non-hydrogen) atoms. The predicted octanol–water partition coefficient (Wildman–Crippen LogP) is 2.63. The lowest BCUT2D eigenvalue weighted by atomic mass is 10.2. The van der Waals surface area contributed by atoms with Crippen LogP contribution in [-0.4, -0.2) is 24.5 Å². The average molecular weight is 165 g/mol. The molecule has 0 bridgehead atoms. The van der Waals surface area contributed by atoms with Crippen LogP contribution in [0.1, 0.15) is 13.3 Å². The Balaban J connectivity index is 3.68. The maximum atomic E-state index is 3.87. The second kappa shape index (κ2) is 6.86. The van der Waals surface area contributed by atoms with Crippen LogP contribution in [0, 0.1) is 0 Å². The normalized spacial score (nSPS) is 9.83. The lowest BCUT2D eigenvalue weighted by Crippen LogP contribution is -2.25. The molecule has 0 N–H and O–H groups in total. The van der Waals surface area contributed by atoms with Gasteiger partial charge in [0, 0.05) is 19.6 Å². The van der Waals surface area contributed by atoms with E-state index in [0.29, 0.717) is 0 Å². The van der Waals surface area contributed by atoms with Crippen molar-refractivity contribution < 1.29 is 0 Å². The fraction of sp³-hybridized carbons (Fsp3) is 0.455. The molecule has 0 fully saturated rings. The van der Waals surface area contributed by atoms with E-state index in [0.717, 1.165) is 26.1 Å². The Hall–Kier alpha value is -0.820. The zero-order valence-electron chi connectivity index (χ0n) is 8.05. The van der Waals surface area contributed by atoms with Gasteiger partial charge < -0.3 is 0 Å². The highest BCUT2D eigenvalue weighted by Gasteiger charge is 1.98. The molecule has 68 valence electrons. The van der Waals surface area contributed by atoms with Crippen LogP contribution in [0.2, 0.25) is 0 Å². The van der Waals surface area contributed by atoms with E-state index in [9.17, 15) is 0 Å². The standard InChI is InChI=1S/C11H19N/c1-5-8-12(9-6-2)10-7-11(3)4/h5-6H,1-3,7-10H2,4H3. The van der Waals surface area contributed by atoms with Gasteiger partial charge in [0.25, 0.3) is 0 Å². The maximum Gasteiger partial charge on any atom is 0.0164 e. The summed E-state index contributed by atoms with van der Waals surface area (Å²) in [4.78, 5) is 2.29. The van der Waals surface area contributed by atoms with Gasteiger partial charge in [-0.05, 0) is 13.3 Å². The first-order valence-electron chi connectivity index (χ1n) is 4.29. The van der Waals surface area contributed by atoms with Crippen LogP contribution in [0.5, 0.6) is 0 Å². The van der Waals surface area contributed by atoms with Gasteiger partial charge in [0.15, 0.2) is 0 Å². The monoisotopic (exact) mass is 165 g/mol. The van der Waals surface area contributed by atoms with Crippen molar-refractivity contribution in [1.29, 1.82) is 0 Å². The summed E-state index contributed by atoms with van der Waals surface area (Å²) in [5, 5.41) is 0. The highest BCUT2D eigenvalue weighted by Crippen LogP contribution is 1.99. The lowest BCUT2D eigenvalue weighted by molar-refractivity contribution is 0.339. The third-order valence-electron chi connectivity index (χ3n) is 1.63. The first-order valence-corrected chi connectivity index (χ1v) is 4.29. The van der Waals surface area contributed by atoms with Gasteiger partial charge in [0.1, 0.15) is 0 Å². The van der Waals surface area contributed by atoms with Crippen LogP contribution >= 0.6 is 0 Å². The highest BCUT2D eigenvalue weighted by atomic mass is 15.1. The SMILES string of the molecule is C=CCN(CC=C)CCC(=C)C. The molecule has 0 saturated carbocycles. The van der Waals surface area contributed by atoms with Crippen LogP contribution in [0.3, 0.4) is 0 Å². The van der Waals surface area contributed by atoms with Crippen molar-refractivity contribution in [3.63, 3.8) is 0 Å². The average Bonchev–Trinajstić information content (AvgIpc) is 2.01. The Morgan fingerprint density at radius 2 is 1.75 bits per heavy atom. The van der Waals surface area contributed by atoms with E-state index >= 15 is 0 Å². The molecule has 0 aromatic heterocycles. The van der Waals surface area contributed by atoms with E-state index in [1.54, 1.807) is 0 Å². The summed E-state index contributed by atoms with van der Waals surface area (Å²) in [5.74, 6) is 0. The Morgan fingerprint density at radius 1 is 1.25 bits per heavy atom. The minimum absolute atomic E-state index is 0.930. The van der Waals surface area contributed by atoms with E-state index in [1.165, 1.54) is 5.57 Å². The summed E-state index contributed by atoms with van der Waals surface area (Å²) < 4.78 is 0. The smallest absolute Gasteiger partial charge is 0.0164 e. The van der Waals surface area contributed by atoms with Gasteiger partial charge in [-0.2, -0.15) is 0 Å². The molecular weight excluding hydrogens is 146 g/mol. The Kier molecular flexibility index (Phi) is 6.39. The van der Waals surface area contributed by atoms with Crippen molar-refractivity contribution in [2.45, 2.75) is 13.3 Å². The summed E-state index contributed by atoms with van der Waals surface area (Å²) in [7, 11) is 0. The Labute approximate surface area is 76.1 Å². The molecule has 0 aromatic rings. The third kappa shape index (κ3) is 5.93. The van der Waals surface area contributed by atoms with E-state index in [4.69, 9.17) is 0 Å². The molecule has 0 aliphatic rings. The molecule has 0 aliphatic heterocycles. The van der Waals surface area contributed by atoms with Crippen LogP contribution in [0.4, 0.5) is 0 Å². The molecular formula is C11H19N. The molecule has 0 saturated heterocycles. The van der Waals surface area contributed by atoms with E-state index < -0.39 is 0 Å². The van der Waals surface area contributed by atoms with Gasteiger partial charge >= 0.3 is 0 Å². The summed E-state index contributed by atoms with van der Waals surface area (Å²) in [5.41, 5.74) is 1.23. The minimum atomic E-state index is 0.930. The number of hydrogen-bond acceptors (Lipinski definition) is 1. The van der Waals surface area contributed by atoms with E-state index in [-0.39, 0.29) is 0 Å². The lowest BCUT2D eigenvalue weighted by Gasteiger charge is -2.18. The molecule has 1 nitrogen and oxygen atoms in total. The highest BCUT2D eigenvalue weighted by molar-refractivity contribution is 4.90. The third-order valence-corrected chi connectivity index (χ3v) is 1.63.